The molecule has 1 aliphatic rings. The van der Waals surface area contributed by atoms with Crippen LogP contribution in [0.15, 0.2) is 30.8 Å². The molecule has 1 aromatic rings. The van der Waals surface area contributed by atoms with E-state index in [2.05, 4.69) is 49.6 Å². The fourth-order valence-corrected chi connectivity index (χ4v) is 2.57. The molecule has 0 amide bonds. The second-order valence-electron chi connectivity index (χ2n) is 5.31. The maximum absolute atomic E-state index is 4.02. The molecule has 1 aromatic carbocycles. The Morgan fingerprint density at radius 2 is 2.00 bits per heavy atom. The van der Waals surface area contributed by atoms with Gasteiger partial charge in [0.05, 0.1) is 0 Å². The second kappa shape index (κ2) is 7.19. The molecule has 0 aliphatic carbocycles. The Hall–Kier alpha value is -0.483. The summed E-state index contributed by atoms with van der Waals surface area (Å²) in [5.74, 6) is 0.618. The molecule has 1 unspecified atom stereocenters. The van der Waals surface area contributed by atoms with Gasteiger partial charge in [-0.15, -0.1) is 0 Å². The van der Waals surface area contributed by atoms with Crippen LogP contribution in [0.1, 0.15) is 43.7 Å². The summed E-state index contributed by atoms with van der Waals surface area (Å²) in [5, 5.41) is 0. The molecular weight excluding hydrogens is 213 g/mol. The molecule has 2 heteroatoms. The molecule has 1 saturated heterocycles. The first-order chi connectivity index (χ1) is 8.16. The van der Waals surface area contributed by atoms with E-state index in [4.69, 9.17) is 0 Å². The minimum atomic E-state index is 0. The summed E-state index contributed by atoms with van der Waals surface area (Å²) in [4.78, 5) is 2.58. The molecule has 0 N–H and O–H groups in total. The fraction of sp³-hybridized carbons (Fsp3) is 0.500. The number of allylic oxidation sites excluding steroid dienone is 1. The third kappa shape index (κ3) is 4.02. The summed E-state index contributed by atoms with van der Waals surface area (Å²) in [6.45, 7) is 12.2. The van der Waals surface area contributed by atoms with Gasteiger partial charge < -0.3 is 4.90 Å². The van der Waals surface area contributed by atoms with Crippen molar-refractivity contribution < 1.29 is 0 Å². The van der Waals surface area contributed by atoms with Crippen molar-refractivity contribution in [3.8, 4) is 0 Å². The molecule has 1 fully saturated rings. The molecule has 1 heterocycles. The van der Waals surface area contributed by atoms with Gasteiger partial charge in [0.25, 0.3) is 0 Å². The summed E-state index contributed by atoms with van der Waals surface area (Å²) >= 11 is 0. The van der Waals surface area contributed by atoms with Crippen LogP contribution in [0.3, 0.4) is 0 Å². The van der Waals surface area contributed by atoms with Crippen molar-refractivity contribution in [2.45, 2.75) is 32.6 Å². The number of hydrogen-bond donors (Lipinski definition) is 0. The molecule has 0 radical (unpaired) electrons. The normalized spacial score (nSPS) is 17.2. The zero-order chi connectivity index (χ0) is 12.3. The van der Waals surface area contributed by atoms with Crippen LogP contribution in [0.5, 0.6) is 0 Å². The Bertz CT molecular complexity index is 394. The van der Waals surface area contributed by atoms with E-state index in [1.807, 2.05) is 0 Å². The molecule has 18 heavy (non-hydrogen) atoms. The van der Waals surface area contributed by atoms with Crippen LogP contribution in [0, 0.1) is 0 Å². The van der Waals surface area contributed by atoms with Crippen molar-refractivity contribution in [2.75, 3.05) is 19.6 Å². The van der Waals surface area contributed by atoms with Crippen LogP contribution in [0.4, 0.5) is 0 Å². The van der Waals surface area contributed by atoms with Gasteiger partial charge in [0, 0.05) is 6.54 Å². The van der Waals surface area contributed by atoms with E-state index in [0.29, 0.717) is 5.92 Å². The van der Waals surface area contributed by atoms with E-state index in [1.165, 1.54) is 43.6 Å². The zero-order valence-electron chi connectivity index (χ0n) is 11.1. The van der Waals surface area contributed by atoms with Gasteiger partial charge in [-0.2, -0.15) is 0 Å². The molecule has 1 aliphatic heterocycles. The molecule has 0 saturated carbocycles. The molecule has 0 aromatic heterocycles. The first-order valence-electron chi connectivity index (χ1n) is 6.65. The van der Waals surface area contributed by atoms with Gasteiger partial charge in [-0.25, -0.2) is 0 Å². The number of likely N-dealkylation sites (tertiary alicyclic amines) is 1. The van der Waals surface area contributed by atoms with E-state index >= 15 is 0 Å². The third-order valence-corrected chi connectivity index (χ3v) is 3.68. The molecule has 1 atom stereocenters. The number of rotatable bonds is 4. The van der Waals surface area contributed by atoms with Crippen molar-refractivity contribution >= 4 is 24.4 Å². The quantitative estimate of drug-likeness (QED) is 0.726. The Labute approximate surface area is 123 Å². The SMILES string of the molecule is C=C(C)c1cccc(C(C)CN2CCCC2)c1.[LiH]. The monoisotopic (exact) mass is 237 g/mol. The van der Waals surface area contributed by atoms with Crippen molar-refractivity contribution in [3.63, 3.8) is 0 Å². The van der Waals surface area contributed by atoms with Gasteiger partial charge in [-0.3, -0.25) is 0 Å². The Morgan fingerprint density at radius 1 is 1.33 bits per heavy atom. The summed E-state index contributed by atoms with van der Waals surface area (Å²) in [6.07, 6.45) is 2.75. The molecule has 2 rings (SSSR count). The summed E-state index contributed by atoms with van der Waals surface area (Å²) in [6, 6.07) is 8.84. The van der Waals surface area contributed by atoms with Crippen molar-refractivity contribution in [1.82, 2.24) is 4.90 Å². The van der Waals surface area contributed by atoms with E-state index in [0.717, 1.165) is 5.57 Å². The van der Waals surface area contributed by atoms with Gasteiger partial charge in [-0.05, 0) is 49.9 Å². The number of nitrogens with zero attached hydrogens (tertiary/aromatic N) is 1. The van der Waals surface area contributed by atoms with Gasteiger partial charge in [0.1, 0.15) is 0 Å². The van der Waals surface area contributed by atoms with Gasteiger partial charge in [-0.1, -0.05) is 43.3 Å². The second-order valence-corrected chi connectivity index (χ2v) is 5.31. The predicted octanol–water partition coefficient (Wildman–Crippen LogP) is 3.27. The van der Waals surface area contributed by atoms with E-state index in [1.54, 1.807) is 0 Å². The summed E-state index contributed by atoms with van der Waals surface area (Å²) in [7, 11) is 0. The van der Waals surface area contributed by atoms with Crippen molar-refractivity contribution in [1.29, 1.82) is 0 Å². The van der Waals surface area contributed by atoms with Crippen LogP contribution >= 0.6 is 0 Å². The molecule has 1 nitrogen and oxygen atoms in total. The maximum atomic E-state index is 4.02. The first kappa shape index (κ1) is 15.6. The summed E-state index contributed by atoms with van der Waals surface area (Å²) in [5.41, 5.74) is 3.87. The average molecular weight is 237 g/mol. The molecule has 94 valence electrons. The number of benzene rings is 1. The zero-order valence-corrected chi connectivity index (χ0v) is 11.1. The van der Waals surface area contributed by atoms with Crippen LogP contribution in [0.25, 0.3) is 5.57 Å². The van der Waals surface area contributed by atoms with Crippen LogP contribution in [-0.2, 0) is 0 Å². The van der Waals surface area contributed by atoms with E-state index < -0.39 is 0 Å². The van der Waals surface area contributed by atoms with Gasteiger partial charge in [0.15, 0.2) is 0 Å². The minimum absolute atomic E-state index is 0. The average Bonchev–Trinajstić information content (AvgIpc) is 2.82. The topological polar surface area (TPSA) is 3.24 Å². The third-order valence-electron chi connectivity index (χ3n) is 3.68. The standard InChI is InChI=1S/C16H23N.Li.H/c1-13(2)15-7-6-8-16(11-15)14(3)12-17-9-4-5-10-17;;/h6-8,11,14H,1,4-5,9-10,12H2,2-3H3;;. The Balaban J connectivity index is 0.00000162. The number of hydrogen-bond acceptors (Lipinski definition) is 1. The van der Waals surface area contributed by atoms with Crippen molar-refractivity contribution in [2.24, 2.45) is 0 Å². The van der Waals surface area contributed by atoms with Crippen LogP contribution < -0.4 is 0 Å². The Kier molecular flexibility index (Phi) is 6.22. The van der Waals surface area contributed by atoms with Crippen LogP contribution in [0.2, 0.25) is 0 Å². The molecule has 0 spiro atoms. The predicted molar refractivity (Wildman–Crippen MR) is 82.4 cm³/mol. The first-order valence-corrected chi connectivity index (χ1v) is 6.65. The molecule has 0 bridgehead atoms. The van der Waals surface area contributed by atoms with Gasteiger partial charge in [0.2, 0.25) is 0 Å². The van der Waals surface area contributed by atoms with E-state index in [-0.39, 0.29) is 18.9 Å². The fourth-order valence-electron chi connectivity index (χ4n) is 2.57. The van der Waals surface area contributed by atoms with Crippen molar-refractivity contribution in [3.05, 3.63) is 42.0 Å². The Morgan fingerprint density at radius 3 is 2.61 bits per heavy atom. The van der Waals surface area contributed by atoms with Crippen LogP contribution in [-0.4, -0.2) is 43.4 Å². The summed E-state index contributed by atoms with van der Waals surface area (Å²) < 4.78 is 0. The van der Waals surface area contributed by atoms with E-state index in [9.17, 15) is 0 Å². The molecular formula is C16H24LiN. The van der Waals surface area contributed by atoms with Gasteiger partial charge >= 0.3 is 18.9 Å².